The Kier molecular flexibility index (Phi) is 3.84. The number of pyridine rings is 1. The number of nitrogens with zero attached hydrogens (tertiary/aromatic N) is 2. The molecule has 2 heterocycles. The van der Waals surface area contributed by atoms with Crippen LogP contribution in [0.25, 0.3) is 11.3 Å². The lowest BCUT2D eigenvalue weighted by Crippen LogP contribution is -2.12. The van der Waals surface area contributed by atoms with Crippen molar-refractivity contribution in [3.63, 3.8) is 0 Å². The zero-order valence-electron chi connectivity index (χ0n) is 11.2. The lowest BCUT2D eigenvalue weighted by atomic mass is 10.1. The Morgan fingerprint density at radius 1 is 1.27 bits per heavy atom. The molecule has 2 N–H and O–H groups in total. The van der Waals surface area contributed by atoms with Gasteiger partial charge in [0.05, 0.1) is 10.7 Å². The van der Waals surface area contributed by atoms with Crippen molar-refractivity contribution in [2.75, 3.05) is 5.32 Å². The van der Waals surface area contributed by atoms with Crippen LogP contribution in [0.3, 0.4) is 0 Å². The molecule has 3 aromatic rings. The van der Waals surface area contributed by atoms with Gasteiger partial charge in [0, 0.05) is 29.6 Å². The number of carbonyl (C=O) groups excluding carboxylic acids is 1. The Balaban J connectivity index is 1.89. The average Bonchev–Trinajstić information content (AvgIpc) is 3.01. The fourth-order valence-corrected chi connectivity index (χ4v) is 2.17. The number of carbonyl (C=O) groups is 1. The number of aromatic amines is 1. The molecule has 0 saturated heterocycles. The highest BCUT2D eigenvalue weighted by molar-refractivity contribution is 6.33. The second-order valence-corrected chi connectivity index (χ2v) is 4.85. The third kappa shape index (κ3) is 2.82. The molecule has 2 aromatic heterocycles. The van der Waals surface area contributed by atoms with Crippen LogP contribution in [0.4, 0.5) is 10.2 Å². The molecule has 0 unspecified atom stereocenters. The van der Waals surface area contributed by atoms with E-state index in [0.29, 0.717) is 16.5 Å². The Labute approximate surface area is 130 Å². The number of H-pyrrole nitrogens is 1. The van der Waals surface area contributed by atoms with Gasteiger partial charge < -0.3 is 5.32 Å². The van der Waals surface area contributed by atoms with Gasteiger partial charge in [-0.15, -0.1) is 0 Å². The zero-order chi connectivity index (χ0) is 15.5. The number of halogens is 2. The molecule has 0 fully saturated rings. The fraction of sp³-hybridized carbons (Fsp3) is 0. The van der Waals surface area contributed by atoms with E-state index in [1.807, 2.05) is 0 Å². The highest BCUT2D eigenvalue weighted by Crippen LogP contribution is 2.28. The van der Waals surface area contributed by atoms with E-state index < -0.39 is 11.7 Å². The van der Waals surface area contributed by atoms with E-state index in [9.17, 15) is 9.18 Å². The molecule has 0 bridgehead atoms. The quantitative estimate of drug-likeness (QED) is 0.776. The van der Waals surface area contributed by atoms with Gasteiger partial charge in [0.1, 0.15) is 5.82 Å². The van der Waals surface area contributed by atoms with Gasteiger partial charge in [0.2, 0.25) is 0 Å². The van der Waals surface area contributed by atoms with Crippen LogP contribution in [0.1, 0.15) is 10.4 Å². The van der Waals surface area contributed by atoms with Crippen LogP contribution in [0, 0.1) is 5.82 Å². The van der Waals surface area contributed by atoms with E-state index in [2.05, 4.69) is 20.5 Å². The average molecular weight is 317 g/mol. The molecule has 0 saturated carbocycles. The first-order chi connectivity index (χ1) is 10.6. The summed E-state index contributed by atoms with van der Waals surface area (Å²) in [5, 5.41) is 9.26. The van der Waals surface area contributed by atoms with Crippen LogP contribution < -0.4 is 5.32 Å². The molecule has 0 radical (unpaired) electrons. The fourth-order valence-electron chi connectivity index (χ4n) is 1.95. The molecule has 3 rings (SSSR count). The predicted molar refractivity (Wildman–Crippen MR) is 81.2 cm³/mol. The first-order valence-electron chi connectivity index (χ1n) is 6.37. The van der Waals surface area contributed by atoms with Crippen molar-refractivity contribution in [2.24, 2.45) is 0 Å². The number of anilines is 1. The topological polar surface area (TPSA) is 70.7 Å². The van der Waals surface area contributed by atoms with Crippen molar-refractivity contribution >= 4 is 23.3 Å². The van der Waals surface area contributed by atoms with Crippen molar-refractivity contribution in [2.45, 2.75) is 0 Å². The summed E-state index contributed by atoms with van der Waals surface area (Å²) >= 11 is 6.01. The van der Waals surface area contributed by atoms with Gasteiger partial charge in [-0.3, -0.25) is 14.9 Å². The van der Waals surface area contributed by atoms with Crippen LogP contribution in [-0.4, -0.2) is 21.1 Å². The summed E-state index contributed by atoms with van der Waals surface area (Å²) in [5.41, 5.74) is 0.749. The second-order valence-electron chi connectivity index (χ2n) is 4.44. The molecule has 1 aromatic carbocycles. The number of aromatic nitrogens is 3. The number of rotatable bonds is 3. The summed E-state index contributed by atoms with van der Waals surface area (Å²) < 4.78 is 14.3. The lowest BCUT2D eigenvalue weighted by Gasteiger charge is -2.07. The van der Waals surface area contributed by atoms with Gasteiger partial charge in [-0.05, 0) is 30.3 Å². The Morgan fingerprint density at radius 2 is 2.14 bits per heavy atom. The molecule has 0 spiro atoms. The summed E-state index contributed by atoms with van der Waals surface area (Å²) in [6, 6.07) is 9.00. The molecule has 7 heteroatoms. The minimum absolute atomic E-state index is 0.177. The van der Waals surface area contributed by atoms with Gasteiger partial charge in [0.15, 0.2) is 5.82 Å². The number of hydrogen-bond acceptors (Lipinski definition) is 3. The highest BCUT2D eigenvalue weighted by atomic mass is 35.5. The molecular weight excluding hydrogens is 307 g/mol. The largest absolute Gasteiger partial charge is 0.305 e. The minimum Gasteiger partial charge on any atom is -0.305 e. The number of amides is 1. The van der Waals surface area contributed by atoms with Crippen LogP contribution in [0.5, 0.6) is 0 Å². The molecule has 1 amide bonds. The summed E-state index contributed by atoms with van der Waals surface area (Å²) in [6.45, 7) is 0. The Hall–Kier alpha value is -2.73. The standard InChI is InChI=1S/C15H10ClFN4O/c16-11-2-1-6-18-14(11)10-4-3-9(8-12(10)17)15(22)20-13-5-7-19-21-13/h1-8H,(H2,19,20,21,22). The van der Waals surface area contributed by atoms with Crippen molar-refractivity contribution < 1.29 is 9.18 Å². The number of hydrogen-bond donors (Lipinski definition) is 2. The third-order valence-electron chi connectivity index (χ3n) is 2.99. The molecular formula is C15H10ClFN4O. The van der Waals surface area contributed by atoms with Gasteiger partial charge in [-0.25, -0.2) is 4.39 Å². The first-order valence-corrected chi connectivity index (χ1v) is 6.74. The molecule has 5 nitrogen and oxygen atoms in total. The molecule has 0 aliphatic rings. The minimum atomic E-state index is -0.574. The number of nitrogens with one attached hydrogen (secondary N) is 2. The molecule has 0 aliphatic heterocycles. The number of benzene rings is 1. The Morgan fingerprint density at radius 3 is 2.82 bits per heavy atom. The summed E-state index contributed by atoms with van der Waals surface area (Å²) in [6.07, 6.45) is 3.10. The summed E-state index contributed by atoms with van der Waals surface area (Å²) in [5.74, 6) is -0.665. The van der Waals surface area contributed by atoms with Gasteiger partial charge >= 0.3 is 0 Å². The monoisotopic (exact) mass is 316 g/mol. The molecule has 110 valence electrons. The van der Waals surface area contributed by atoms with E-state index in [1.54, 1.807) is 24.4 Å². The Bertz CT molecular complexity index is 820. The third-order valence-corrected chi connectivity index (χ3v) is 3.29. The maximum Gasteiger partial charge on any atom is 0.256 e. The van der Waals surface area contributed by atoms with E-state index in [1.165, 1.54) is 18.3 Å². The SMILES string of the molecule is O=C(Nc1cc[nH]n1)c1ccc(-c2ncccc2Cl)c(F)c1. The van der Waals surface area contributed by atoms with Gasteiger partial charge in [0.25, 0.3) is 5.91 Å². The normalized spacial score (nSPS) is 10.5. The van der Waals surface area contributed by atoms with Crippen LogP contribution in [0.2, 0.25) is 5.02 Å². The van der Waals surface area contributed by atoms with Crippen molar-refractivity contribution in [1.82, 2.24) is 15.2 Å². The smallest absolute Gasteiger partial charge is 0.256 e. The van der Waals surface area contributed by atoms with E-state index in [-0.39, 0.29) is 11.1 Å². The second kappa shape index (κ2) is 5.95. The molecule has 0 aliphatic carbocycles. The highest BCUT2D eigenvalue weighted by Gasteiger charge is 2.14. The van der Waals surface area contributed by atoms with E-state index in [0.717, 1.165) is 6.07 Å². The van der Waals surface area contributed by atoms with Gasteiger partial charge in [-0.1, -0.05) is 11.6 Å². The first kappa shape index (κ1) is 14.2. The summed E-state index contributed by atoms with van der Waals surface area (Å²) in [7, 11) is 0. The maximum absolute atomic E-state index is 14.3. The summed E-state index contributed by atoms with van der Waals surface area (Å²) in [4.78, 5) is 16.1. The lowest BCUT2D eigenvalue weighted by molar-refractivity contribution is 0.102. The van der Waals surface area contributed by atoms with E-state index >= 15 is 0 Å². The zero-order valence-corrected chi connectivity index (χ0v) is 11.9. The van der Waals surface area contributed by atoms with Crippen LogP contribution in [0.15, 0.2) is 48.8 Å². The van der Waals surface area contributed by atoms with Crippen molar-refractivity contribution in [1.29, 1.82) is 0 Å². The van der Waals surface area contributed by atoms with Crippen LogP contribution >= 0.6 is 11.6 Å². The molecule has 0 atom stereocenters. The van der Waals surface area contributed by atoms with Crippen molar-refractivity contribution in [3.8, 4) is 11.3 Å². The van der Waals surface area contributed by atoms with E-state index in [4.69, 9.17) is 11.6 Å². The maximum atomic E-state index is 14.3. The molecule has 22 heavy (non-hydrogen) atoms. The van der Waals surface area contributed by atoms with Crippen molar-refractivity contribution in [3.05, 3.63) is 65.2 Å². The van der Waals surface area contributed by atoms with Crippen LogP contribution in [-0.2, 0) is 0 Å². The predicted octanol–water partition coefficient (Wildman–Crippen LogP) is 3.52. The van der Waals surface area contributed by atoms with Gasteiger partial charge in [-0.2, -0.15) is 5.10 Å².